The van der Waals surface area contributed by atoms with Crippen molar-refractivity contribution in [2.75, 3.05) is 7.11 Å². The zero-order valence-electron chi connectivity index (χ0n) is 15.6. The Morgan fingerprint density at radius 3 is 2.52 bits per heavy atom. The van der Waals surface area contributed by atoms with Gasteiger partial charge >= 0.3 is 0 Å². The third-order valence-corrected chi connectivity index (χ3v) is 4.92. The second-order valence-corrected chi connectivity index (χ2v) is 6.71. The molecule has 4 rings (SSSR count). The fraction of sp³-hybridized carbons (Fsp3) is 0.174. The lowest BCUT2D eigenvalue weighted by Crippen LogP contribution is -2.18. The van der Waals surface area contributed by atoms with E-state index in [0.717, 1.165) is 18.0 Å². The fourth-order valence-corrected chi connectivity index (χ4v) is 3.25. The van der Waals surface area contributed by atoms with E-state index in [1.165, 1.54) is 21.9 Å². The topological polar surface area (TPSA) is 39.1 Å². The lowest BCUT2D eigenvalue weighted by molar-refractivity contribution is 0.415. The second kappa shape index (κ2) is 7.64. The largest absolute Gasteiger partial charge is 0.497 e. The van der Waals surface area contributed by atoms with Gasteiger partial charge in [-0.2, -0.15) is 0 Å². The summed E-state index contributed by atoms with van der Waals surface area (Å²) in [6, 6.07) is 21.6. The van der Waals surface area contributed by atoms with E-state index in [1.54, 1.807) is 13.3 Å². The predicted molar refractivity (Wildman–Crippen MR) is 109 cm³/mol. The van der Waals surface area contributed by atoms with Gasteiger partial charge in [0.05, 0.1) is 13.4 Å². The molecule has 0 aliphatic rings. The van der Waals surface area contributed by atoms with E-state index in [-0.39, 0.29) is 6.04 Å². The van der Waals surface area contributed by atoms with Crippen LogP contribution in [-0.2, 0) is 6.54 Å². The van der Waals surface area contributed by atoms with E-state index in [9.17, 15) is 0 Å². The maximum atomic E-state index is 5.30. The van der Waals surface area contributed by atoms with Crippen molar-refractivity contribution in [2.45, 2.75) is 19.5 Å². The van der Waals surface area contributed by atoms with Crippen LogP contribution in [0.4, 0.5) is 0 Å². The highest BCUT2D eigenvalue weighted by Crippen LogP contribution is 2.22. The van der Waals surface area contributed by atoms with Crippen molar-refractivity contribution in [2.24, 2.45) is 0 Å². The van der Waals surface area contributed by atoms with Crippen LogP contribution in [0.15, 0.2) is 79.4 Å². The Morgan fingerprint density at radius 2 is 1.78 bits per heavy atom. The van der Waals surface area contributed by atoms with Gasteiger partial charge in [-0.1, -0.05) is 30.3 Å². The Labute approximate surface area is 159 Å². The summed E-state index contributed by atoms with van der Waals surface area (Å²) in [5.74, 6) is 0.890. The van der Waals surface area contributed by atoms with Gasteiger partial charge in [0, 0.05) is 30.7 Å². The molecule has 4 heteroatoms. The summed E-state index contributed by atoms with van der Waals surface area (Å²) in [6.07, 6.45) is 5.55. The van der Waals surface area contributed by atoms with Crippen LogP contribution in [-0.4, -0.2) is 16.7 Å². The molecule has 1 aromatic heterocycles. The first-order chi connectivity index (χ1) is 13.2. The zero-order chi connectivity index (χ0) is 18.6. The van der Waals surface area contributed by atoms with Gasteiger partial charge in [0.1, 0.15) is 5.75 Å². The Hall–Kier alpha value is -3.11. The number of hydrogen-bond acceptors (Lipinski definition) is 3. The average molecular weight is 357 g/mol. The number of rotatable bonds is 6. The van der Waals surface area contributed by atoms with E-state index in [0.29, 0.717) is 0 Å². The number of aromatic nitrogens is 2. The van der Waals surface area contributed by atoms with E-state index < -0.39 is 0 Å². The first-order valence-electron chi connectivity index (χ1n) is 9.11. The lowest BCUT2D eigenvalue weighted by Gasteiger charge is -2.15. The molecule has 136 valence electrons. The van der Waals surface area contributed by atoms with Crippen molar-refractivity contribution < 1.29 is 4.74 Å². The van der Waals surface area contributed by atoms with Crippen molar-refractivity contribution in [3.8, 4) is 11.4 Å². The van der Waals surface area contributed by atoms with Crippen LogP contribution >= 0.6 is 0 Å². The SMILES string of the molecule is COc1ccc2cc(CN[C@H](C)c3ccc(-n4ccnc4)cc3)ccc2c1. The highest BCUT2D eigenvalue weighted by Gasteiger charge is 2.06. The predicted octanol–water partition coefficient (Wildman–Crippen LogP) is 4.88. The van der Waals surface area contributed by atoms with E-state index >= 15 is 0 Å². The summed E-state index contributed by atoms with van der Waals surface area (Å²) in [5.41, 5.74) is 3.66. The number of benzene rings is 3. The van der Waals surface area contributed by atoms with Crippen molar-refractivity contribution in [1.82, 2.24) is 14.9 Å². The van der Waals surface area contributed by atoms with Gasteiger partial charge in [-0.25, -0.2) is 4.98 Å². The molecule has 1 atom stereocenters. The van der Waals surface area contributed by atoms with Gasteiger partial charge in [0.25, 0.3) is 0 Å². The molecule has 0 amide bonds. The molecule has 0 radical (unpaired) electrons. The molecule has 1 heterocycles. The standard InChI is InChI=1S/C23H23N3O/c1-17(19-5-8-22(9-6-19)26-12-11-24-16-26)25-15-18-3-4-21-14-23(27-2)10-7-20(21)13-18/h3-14,16-17,25H,15H2,1-2H3/t17-/m1/s1. The third kappa shape index (κ3) is 3.86. The first-order valence-corrected chi connectivity index (χ1v) is 9.11. The van der Waals surface area contributed by atoms with Gasteiger partial charge in [0.2, 0.25) is 0 Å². The second-order valence-electron chi connectivity index (χ2n) is 6.71. The normalized spacial score (nSPS) is 12.2. The van der Waals surface area contributed by atoms with Crippen LogP contribution in [0.5, 0.6) is 5.75 Å². The smallest absolute Gasteiger partial charge is 0.119 e. The molecule has 0 saturated heterocycles. The Kier molecular flexibility index (Phi) is 4.90. The minimum absolute atomic E-state index is 0.272. The number of ether oxygens (including phenoxy) is 1. The molecule has 27 heavy (non-hydrogen) atoms. The summed E-state index contributed by atoms with van der Waals surface area (Å²) in [6.45, 7) is 3.02. The minimum Gasteiger partial charge on any atom is -0.497 e. The molecule has 1 N–H and O–H groups in total. The summed E-state index contributed by atoms with van der Waals surface area (Å²) in [4.78, 5) is 4.09. The summed E-state index contributed by atoms with van der Waals surface area (Å²) in [7, 11) is 1.70. The van der Waals surface area contributed by atoms with E-state index in [1.807, 2.05) is 23.2 Å². The van der Waals surface area contributed by atoms with Gasteiger partial charge in [-0.15, -0.1) is 0 Å². The highest BCUT2D eigenvalue weighted by atomic mass is 16.5. The van der Waals surface area contributed by atoms with Crippen LogP contribution in [0.2, 0.25) is 0 Å². The minimum atomic E-state index is 0.272. The average Bonchev–Trinajstić information content (AvgIpc) is 3.26. The molecular formula is C23H23N3O. The number of imidazole rings is 1. The van der Waals surface area contributed by atoms with Crippen molar-refractivity contribution >= 4 is 10.8 Å². The molecule has 0 spiro atoms. The van der Waals surface area contributed by atoms with E-state index in [2.05, 4.69) is 71.8 Å². The van der Waals surface area contributed by atoms with E-state index in [4.69, 9.17) is 4.74 Å². The number of fused-ring (bicyclic) bond motifs is 1. The van der Waals surface area contributed by atoms with Gasteiger partial charge in [-0.3, -0.25) is 0 Å². The summed E-state index contributed by atoms with van der Waals surface area (Å²) >= 11 is 0. The Morgan fingerprint density at radius 1 is 1.00 bits per heavy atom. The fourth-order valence-electron chi connectivity index (χ4n) is 3.25. The lowest BCUT2D eigenvalue weighted by atomic mass is 10.1. The summed E-state index contributed by atoms with van der Waals surface area (Å²) < 4.78 is 7.30. The maximum absolute atomic E-state index is 5.30. The van der Waals surface area contributed by atoms with Crippen LogP contribution < -0.4 is 10.1 Å². The summed E-state index contributed by atoms with van der Waals surface area (Å²) in [5, 5.41) is 6.04. The number of methoxy groups -OCH3 is 1. The van der Waals surface area contributed by atoms with Gasteiger partial charge < -0.3 is 14.6 Å². The highest BCUT2D eigenvalue weighted by molar-refractivity contribution is 5.84. The molecular weight excluding hydrogens is 334 g/mol. The number of nitrogens with one attached hydrogen (secondary N) is 1. The van der Waals surface area contributed by atoms with Crippen molar-refractivity contribution in [3.63, 3.8) is 0 Å². The first kappa shape index (κ1) is 17.3. The third-order valence-electron chi connectivity index (χ3n) is 4.92. The Balaban J connectivity index is 1.42. The molecule has 0 bridgehead atoms. The molecule has 0 aliphatic carbocycles. The molecule has 0 fully saturated rings. The van der Waals surface area contributed by atoms with Crippen LogP contribution in [0.1, 0.15) is 24.1 Å². The van der Waals surface area contributed by atoms with Crippen molar-refractivity contribution in [1.29, 1.82) is 0 Å². The number of nitrogens with zero attached hydrogens (tertiary/aromatic N) is 2. The number of hydrogen-bond donors (Lipinski definition) is 1. The molecule has 3 aromatic carbocycles. The monoisotopic (exact) mass is 357 g/mol. The van der Waals surface area contributed by atoms with Crippen LogP contribution in [0.3, 0.4) is 0 Å². The van der Waals surface area contributed by atoms with Crippen LogP contribution in [0.25, 0.3) is 16.5 Å². The molecule has 0 unspecified atom stereocenters. The van der Waals surface area contributed by atoms with Crippen LogP contribution in [0, 0.1) is 0 Å². The molecule has 0 saturated carbocycles. The van der Waals surface area contributed by atoms with Gasteiger partial charge in [0.15, 0.2) is 0 Å². The zero-order valence-corrected chi connectivity index (χ0v) is 15.6. The molecule has 0 aliphatic heterocycles. The van der Waals surface area contributed by atoms with Crippen molar-refractivity contribution in [3.05, 3.63) is 90.5 Å². The quantitative estimate of drug-likeness (QED) is 0.534. The molecule has 4 aromatic rings. The maximum Gasteiger partial charge on any atom is 0.119 e. The molecule has 4 nitrogen and oxygen atoms in total. The Bertz CT molecular complexity index is 1020. The van der Waals surface area contributed by atoms with Gasteiger partial charge in [-0.05, 0) is 59.2 Å².